The molecular weight excluding hydrogens is 268 g/mol. The van der Waals surface area contributed by atoms with Crippen molar-refractivity contribution in [3.05, 3.63) is 40.6 Å². The van der Waals surface area contributed by atoms with Gasteiger partial charge in [-0.3, -0.25) is 0 Å². The Morgan fingerprint density at radius 3 is 2.19 bits per heavy atom. The Bertz CT molecular complexity index is 572. The lowest BCUT2D eigenvalue weighted by molar-refractivity contribution is -0.116. The van der Waals surface area contributed by atoms with Crippen LogP contribution in [0, 0.1) is 17.3 Å². The summed E-state index contributed by atoms with van der Waals surface area (Å²) < 4.78 is 0. The zero-order chi connectivity index (χ0) is 15.4. The number of hydrogen-bond donors (Lipinski definition) is 0. The van der Waals surface area contributed by atoms with Crippen LogP contribution in [0.1, 0.15) is 65.0 Å². The fraction of sp³-hybridized carbons (Fsp3) is 0.600. The monoisotopic (exact) mass is 298 g/mol. The molecule has 0 amide bonds. The van der Waals surface area contributed by atoms with Crippen molar-refractivity contribution in [2.24, 2.45) is 17.3 Å². The molecule has 4 rings (SSSR count). The lowest BCUT2D eigenvalue weighted by Crippen LogP contribution is -2.58. The molecule has 3 fully saturated rings. The number of allylic oxidation sites excluding steroid dienone is 2. The average molecular weight is 299 g/mol. The van der Waals surface area contributed by atoms with Crippen molar-refractivity contribution in [1.82, 2.24) is 0 Å². The first-order chi connectivity index (χ1) is 9.76. The van der Waals surface area contributed by atoms with E-state index in [-0.39, 0.29) is 0 Å². The molecule has 3 atom stereocenters. The van der Waals surface area contributed by atoms with Crippen LogP contribution < -0.4 is 0 Å². The van der Waals surface area contributed by atoms with E-state index in [1.165, 1.54) is 30.4 Å². The second kappa shape index (κ2) is 4.84. The second-order valence-corrected chi connectivity index (χ2v) is 9.97. The third kappa shape index (κ3) is 2.16. The Labute approximate surface area is 133 Å². The van der Waals surface area contributed by atoms with E-state index in [0.29, 0.717) is 10.8 Å². The van der Waals surface area contributed by atoms with Crippen molar-refractivity contribution in [2.75, 3.05) is 0 Å². The highest BCUT2D eigenvalue weighted by molar-refractivity contribution is 6.24. The van der Waals surface area contributed by atoms with Gasteiger partial charge in [-0.2, -0.15) is 0 Å². The summed E-state index contributed by atoms with van der Waals surface area (Å²) in [6, 6.07) is 9.54. The van der Waals surface area contributed by atoms with Gasteiger partial charge in [0.15, 0.2) is 0 Å². The molecule has 3 saturated carbocycles. The van der Waals surface area contributed by atoms with Gasteiger partial charge in [-0.05, 0) is 72.5 Å². The van der Waals surface area contributed by atoms with Gasteiger partial charge in [-0.15, -0.1) is 0 Å². The third-order valence-electron chi connectivity index (χ3n) is 6.98. The lowest BCUT2D eigenvalue weighted by atomic mass is 9.40. The first kappa shape index (κ1) is 15.1. The van der Waals surface area contributed by atoms with E-state index in [9.17, 15) is 0 Å². The van der Waals surface area contributed by atoms with Crippen LogP contribution in [-0.4, -0.2) is 10.2 Å². The molecule has 0 aliphatic heterocycles. The number of fused-ring (bicyclic) bond motifs is 2. The highest BCUT2D eigenvalue weighted by atomic mass is 28.1. The molecule has 21 heavy (non-hydrogen) atoms. The quantitative estimate of drug-likeness (QED) is 0.704. The maximum atomic E-state index is 2.52. The van der Waals surface area contributed by atoms with Crippen molar-refractivity contribution in [3.8, 4) is 0 Å². The standard InChI is InChI=1S/C20H30Si/c1-13(14(2)21)15-6-8-16(9-7-15)20(5)11-10-17-12-18(20)19(17,3)4/h6-9,17-18H,10-12H2,1-5,21H3. The SMILES string of the molecule is CC([SiH3])=C(C)c1ccc(C2(C)CCC3CC2C3(C)C)cc1. The first-order valence-corrected chi connectivity index (χ1v) is 9.52. The Balaban J connectivity index is 1.92. The Morgan fingerprint density at radius 2 is 1.71 bits per heavy atom. The fourth-order valence-electron chi connectivity index (χ4n) is 4.97. The molecule has 0 radical (unpaired) electrons. The van der Waals surface area contributed by atoms with Gasteiger partial charge in [0, 0.05) is 10.2 Å². The van der Waals surface area contributed by atoms with E-state index < -0.39 is 0 Å². The van der Waals surface area contributed by atoms with Crippen LogP contribution in [-0.2, 0) is 5.41 Å². The molecule has 3 unspecified atom stereocenters. The van der Waals surface area contributed by atoms with Gasteiger partial charge in [-0.1, -0.05) is 50.2 Å². The predicted molar refractivity (Wildman–Crippen MR) is 96.6 cm³/mol. The van der Waals surface area contributed by atoms with Crippen molar-refractivity contribution in [2.45, 2.75) is 59.3 Å². The topological polar surface area (TPSA) is 0 Å². The first-order valence-electron chi connectivity index (χ1n) is 8.52. The minimum atomic E-state index is 0.393. The molecule has 1 heteroatoms. The number of rotatable bonds is 2. The summed E-state index contributed by atoms with van der Waals surface area (Å²) in [7, 11) is 1.16. The zero-order valence-corrected chi connectivity index (χ0v) is 16.6. The van der Waals surface area contributed by atoms with E-state index in [2.05, 4.69) is 58.9 Å². The summed E-state index contributed by atoms with van der Waals surface area (Å²) in [4.78, 5) is 0. The van der Waals surface area contributed by atoms with Crippen molar-refractivity contribution in [1.29, 1.82) is 0 Å². The maximum absolute atomic E-state index is 2.52. The van der Waals surface area contributed by atoms with E-state index in [0.717, 1.165) is 22.1 Å². The summed E-state index contributed by atoms with van der Waals surface area (Å²) in [5.41, 5.74) is 5.40. The predicted octanol–water partition coefficient (Wildman–Crippen LogP) is 4.52. The fourth-order valence-corrected chi connectivity index (χ4v) is 5.26. The zero-order valence-electron chi connectivity index (χ0n) is 14.6. The molecule has 0 saturated heterocycles. The lowest BCUT2D eigenvalue weighted by Gasteiger charge is -2.64. The van der Waals surface area contributed by atoms with Crippen molar-refractivity contribution in [3.63, 3.8) is 0 Å². The highest BCUT2D eigenvalue weighted by Gasteiger charge is 2.59. The molecule has 0 N–H and O–H groups in total. The molecule has 1 aromatic carbocycles. The molecule has 0 aromatic heterocycles. The molecule has 3 aliphatic carbocycles. The van der Waals surface area contributed by atoms with Gasteiger partial charge in [0.25, 0.3) is 0 Å². The molecule has 1 aromatic rings. The second-order valence-electron chi connectivity index (χ2n) is 8.47. The summed E-state index contributed by atoms with van der Waals surface area (Å²) >= 11 is 0. The van der Waals surface area contributed by atoms with Crippen molar-refractivity contribution >= 4 is 15.8 Å². The van der Waals surface area contributed by atoms with Gasteiger partial charge in [0.05, 0.1) is 0 Å². The molecule has 0 nitrogen and oxygen atoms in total. The Kier molecular flexibility index (Phi) is 3.48. The van der Waals surface area contributed by atoms with Crippen molar-refractivity contribution < 1.29 is 0 Å². The Hall–Kier alpha value is -0.823. The summed E-state index contributed by atoms with van der Waals surface area (Å²) in [6.07, 6.45) is 4.24. The van der Waals surface area contributed by atoms with Crippen LogP contribution in [0.15, 0.2) is 29.5 Å². The molecule has 0 heterocycles. The smallest absolute Gasteiger partial charge is 0.0333 e. The highest BCUT2D eigenvalue weighted by Crippen LogP contribution is 2.66. The minimum Gasteiger partial charge on any atom is -0.0914 e. The van der Waals surface area contributed by atoms with Crippen LogP contribution in [0.4, 0.5) is 0 Å². The molecule has 114 valence electrons. The van der Waals surface area contributed by atoms with Crippen LogP contribution in [0.5, 0.6) is 0 Å². The van der Waals surface area contributed by atoms with Gasteiger partial charge >= 0.3 is 0 Å². The summed E-state index contributed by atoms with van der Waals surface area (Å²) in [6.45, 7) is 12.0. The van der Waals surface area contributed by atoms with Gasteiger partial charge < -0.3 is 0 Å². The number of benzene rings is 1. The van der Waals surface area contributed by atoms with E-state index in [1.54, 1.807) is 10.8 Å². The largest absolute Gasteiger partial charge is 0.0914 e. The third-order valence-corrected chi connectivity index (χ3v) is 7.73. The molecule has 3 aliphatic rings. The molecule has 0 spiro atoms. The minimum absolute atomic E-state index is 0.393. The number of hydrogen-bond acceptors (Lipinski definition) is 0. The summed E-state index contributed by atoms with van der Waals surface area (Å²) in [5, 5.41) is 1.55. The maximum Gasteiger partial charge on any atom is 0.0333 e. The van der Waals surface area contributed by atoms with E-state index >= 15 is 0 Å². The molecule has 2 bridgehead atoms. The van der Waals surface area contributed by atoms with Crippen LogP contribution in [0.25, 0.3) is 5.57 Å². The normalized spacial score (nSPS) is 35.1. The van der Waals surface area contributed by atoms with Crippen LogP contribution in [0.2, 0.25) is 0 Å². The van der Waals surface area contributed by atoms with E-state index in [1.807, 2.05) is 0 Å². The van der Waals surface area contributed by atoms with E-state index in [4.69, 9.17) is 0 Å². The Morgan fingerprint density at radius 1 is 1.10 bits per heavy atom. The van der Waals surface area contributed by atoms with Gasteiger partial charge in [-0.25, -0.2) is 0 Å². The summed E-state index contributed by atoms with van der Waals surface area (Å²) in [5.74, 6) is 1.85. The average Bonchev–Trinajstić information content (AvgIpc) is 2.46. The van der Waals surface area contributed by atoms with Gasteiger partial charge in [0.2, 0.25) is 0 Å². The van der Waals surface area contributed by atoms with Crippen LogP contribution in [0.3, 0.4) is 0 Å². The van der Waals surface area contributed by atoms with Crippen LogP contribution >= 0.6 is 0 Å². The van der Waals surface area contributed by atoms with Gasteiger partial charge in [0.1, 0.15) is 0 Å². The molecular formula is C20H30Si.